The Kier molecular flexibility index (Phi) is 5.27. The van der Waals surface area contributed by atoms with E-state index in [1.165, 1.54) is 0 Å². The molecule has 140 valence electrons. The maximum Gasteiger partial charge on any atom is 0.230 e. The zero-order chi connectivity index (χ0) is 18.7. The third kappa shape index (κ3) is 3.77. The van der Waals surface area contributed by atoms with Crippen molar-refractivity contribution < 1.29 is 4.79 Å². The first-order valence-corrected chi connectivity index (χ1v) is 10.4. The fourth-order valence-corrected chi connectivity index (χ4v) is 4.69. The van der Waals surface area contributed by atoms with Crippen LogP contribution in [0.15, 0.2) is 48.1 Å². The predicted octanol–water partition coefficient (Wildman–Crippen LogP) is 4.15. The minimum Gasteiger partial charge on any atom is -0.355 e. The highest BCUT2D eigenvalue weighted by atomic mass is 35.5. The zero-order valence-corrected chi connectivity index (χ0v) is 16.5. The van der Waals surface area contributed by atoms with Crippen LogP contribution in [0.25, 0.3) is 5.13 Å². The number of carbonyl (C=O) groups excluding carboxylic acids is 1. The molecule has 7 heteroatoms. The van der Waals surface area contributed by atoms with Gasteiger partial charge in [-0.05, 0) is 36.6 Å². The second-order valence-electron chi connectivity index (χ2n) is 6.87. The molecule has 0 saturated heterocycles. The number of halogens is 1. The summed E-state index contributed by atoms with van der Waals surface area (Å²) in [5.41, 5.74) is 1.61. The van der Waals surface area contributed by atoms with Gasteiger partial charge in [0.1, 0.15) is 0 Å². The summed E-state index contributed by atoms with van der Waals surface area (Å²) < 4.78 is 1.75. The lowest BCUT2D eigenvalue weighted by atomic mass is 9.78. The summed E-state index contributed by atoms with van der Waals surface area (Å²) in [6, 6.07) is 9.60. The normalized spacial score (nSPS) is 15.7. The summed E-state index contributed by atoms with van der Waals surface area (Å²) in [6.07, 6.45) is 8.26. The molecular weight excluding hydrogens is 380 g/mol. The van der Waals surface area contributed by atoms with E-state index in [2.05, 4.69) is 15.4 Å². The number of aromatic nitrogens is 3. The van der Waals surface area contributed by atoms with Gasteiger partial charge in [0.25, 0.3) is 0 Å². The molecule has 0 unspecified atom stereocenters. The Labute approximate surface area is 167 Å². The first kappa shape index (κ1) is 18.2. The maximum absolute atomic E-state index is 13.1. The molecule has 1 N–H and O–H groups in total. The van der Waals surface area contributed by atoms with Gasteiger partial charge in [0, 0.05) is 35.8 Å². The number of nitrogens with one attached hydrogen (secondary N) is 1. The molecule has 27 heavy (non-hydrogen) atoms. The second kappa shape index (κ2) is 7.82. The van der Waals surface area contributed by atoms with E-state index in [1.54, 1.807) is 22.2 Å². The minimum absolute atomic E-state index is 0.116. The number of hydrogen-bond acceptors (Lipinski definition) is 4. The third-order valence-corrected chi connectivity index (χ3v) is 6.33. The van der Waals surface area contributed by atoms with E-state index in [4.69, 9.17) is 11.6 Å². The summed E-state index contributed by atoms with van der Waals surface area (Å²) in [5.74, 6) is 0.116. The predicted molar refractivity (Wildman–Crippen MR) is 108 cm³/mol. The van der Waals surface area contributed by atoms with Crippen molar-refractivity contribution in [2.45, 2.75) is 37.5 Å². The van der Waals surface area contributed by atoms with Crippen molar-refractivity contribution in [1.82, 2.24) is 20.1 Å². The standard InChI is InChI=1S/C20H21ClN4OS/c21-16-6-4-15(5-7-16)20(9-1-2-10-20)18(26)22-12-8-17-14-27-19(24-17)25-13-3-11-23-25/h3-7,11,13-14H,1-2,8-10,12H2,(H,22,26). The van der Waals surface area contributed by atoms with Crippen molar-refractivity contribution in [3.8, 4) is 5.13 Å². The number of thiazole rings is 1. The summed E-state index contributed by atoms with van der Waals surface area (Å²) in [7, 11) is 0. The molecule has 1 amide bonds. The van der Waals surface area contributed by atoms with Crippen LogP contribution in [0.3, 0.4) is 0 Å². The van der Waals surface area contributed by atoms with Crippen LogP contribution in [0.2, 0.25) is 5.02 Å². The second-order valence-corrected chi connectivity index (χ2v) is 8.15. The van der Waals surface area contributed by atoms with E-state index in [-0.39, 0.29) is 5.91 Å². The Morgan fingerprint density at radius 1 is 1.26 bits per heavy atom. The van der Waals surface area contributed by atoms with Gasteiger partial charge in [0.15, 0.2) is 0 Å². The van der Waals surface area contributed by atoms with Crippen LogP contribution in [-0.4, -0.2) is 27.2 Å². The average Bonchev–Trinajstić information content (AvgIpc) is 3.43. The maximum atomic E-state index is 13.1. The Balaban J connectivity index is 1.40. The van der Waals surface area contributed by atoms with Gasteiger partial charge in [-0.2, -0.15) is 5.10 Å². The van der Waals surface area contributed by atoms with Crippen LogP contribution in [-0.2, 0) is 16.6 Å². The van der Waals surface area contributed by atoms with Crippen LogP contribution in [0.1, 0.15) is 36.9 Å². The van der Waals surface area contributed by atoms with Crippen LogP contribution >= 0.6 is 22.9 Å². The molecule has 1 aromatic carbocycles. The number of hydrogen-bond donors (Lipinski definition) is 1. The van der Waals surface area contributed by atoms with Crippen molar-refractivity contribution in [2.75, 3.05) is 6.54 Å². The first-order chi connectivity index (χ1) is 13.2. The van der Waals surface area contributed by atoms with E-state index in [1.807, 2.05) is 41.9 Å². The molecule has 0 radical (unpaired) electrons. The first-order valence-electron chi connectivity index (χ1n) is 9.16. The molecule has 2 aromatic heterocycles. The molecule has 1 saturated carbocycles. The van der Waals surface area contributed by atoms with E-state index in [0.29, 0.717) is 18.0 Å². The van der Waals surface area contributed by atoms with E-state index in [9.17, 15) is 4.79 Å². The number of benzene rings is 1. The molecule has 0 spiro atoms. The van der Waals surface area contributed by atoms with E-state index in [0.717, 1.165) is 42.1 Å². The van der Waals surface area contributed by atoms with Gasteiger partial charge in [0.05, 0.1) is 11.1 Å². The van der Waals surface area contributed by atoms with Gasteiger partial charge in [-0.3, -0.25) is 4.79 Å². The quantitative estimate of drug-likeness (QED) is 0.676. The largest absolute Gasteiger partial charge is 0.355 e. The van der Waals surface area contributed by atoms with Crippen molar-refractivity contribution in [2.24, 2.45) is 0 Å². The topological polar surface area (TPSA) is 59.8 Å². The van der Waals surface area contributed by atoms with Crippen molar-refractivity contribution >= 4 is 28.8 Å². The van der Waals surface area contributed by atoms with Gasteiger partial charge in [-0.25, -0.2) is 9.67 Å². The van der Waals surface area contributed by atoms with Crippen LogP contribution in [0.4, 0.5) is 0 Å². The van der Waals surface area contributed by atoms with Crippen LogP contribution in [0.5, 0.6) is 0 Å². The SMILES string of the molecule is O=C(NCCc1csc(-n2cccn2)n1)C1(c2ccc(Cl)cc2)CCCC1. The highest BCUT2D eigenvalue weighted by Crippen LogP contribution is 2.41. The fourth-order valence-electron chi connectivity index (χ4n) is 3.77. The molecule has 0 aliphatic heterocycles. The molecule has 0 atom stereocenters. The molecule has 1 aliphatic carbocycles. The Hall–Kier alpha value is -2.18. The summed E-state index contributed by atoms with van der Waals surface area (Å²) in [6.45, 7) is 0.580. The number of rotatable bonds is 6. The van der Waals surface area contributed by atoms with Gasteiger partial charge in [0.2, 0.25) is 11.0 Å². The van der Waals surface area contributed by atoms with E-state index < -0.39 is 5.41 Å². The summed E-state index contributed by atoms with van der Waals surface area (Å²) in [5, 5.41) is 10.9. The monoisotopic (exact) mass is 400 g/mol. The Morgan fingerprint density at radius 2 is 2.04 bits per heavy atom. The average molecular weight is 401 g/mol. The number of nitrogens with zero attached hydrogens (tertiary/aromatic N) is 3. The van der Waals surface area contributed by atoms with Crippen molar-refractivity contribution in [3.63, 3.8) is 0 Å². The molecular formula is C20H21ClN4OS. The lowest BCUT2D eigenvalue weighted by molar-refractivity contribution is -0.126. The Morgan fingerprint density at radius 3 is 2.74 bits per heavy atom. The zero-order valence-electron chi connectivity index (χ0n) is 14.9. The van der Waals surface area contributed by atoms with Crippen molar-refractivity contribution in [1.29, 1.82) is 0 Å². The van der Waals surface area contributed by atoms with Gasteiger partial charge >= 0.3 is 0 Å². The third-order valence-electron chi connectivity index (χ3n) is 5.20. The smallest absolute Gasteiger partial charge is 0.230 e. The molecule has 1 fully saturated rings. The number of carbonyl (C=O) groups is 1. The molecule has 3 aromatic rings. The molecule has 4 rings (SSSR count). The van der Waals surface area contributed by atoms with Crippen LogP contribution in [0, 0.1) is 0 Å². The minimum atomic E-state index is -0.424. The van der Waals surface area contributed by atoms with Gasteiger partial charge in [-0.15, -0.1) is 11.3 Å². The van der Waals surface area contributed by atoms with Gasteiger partial charge < -0.3 is 5.32 Å². The van der Waals surface area contributed by atoms with E-state index >= 15 is 0 Å². The fraction of sp³-hybridized carbons (Fsp3) is 0.350. The highest BCUT2D eigenvalue weighted by Gasteiger charge is 2.42. The summed E-state index contributed by atoms with van der Waals surface area (Å²) >= 11 is 7.57. The lowest BCUT2D eigenvalue weighted by Gasteiger charge is -2.28. The molecule has 0 bridgehead atoms. The van der Waals surface area contributed by atoms with Gasteiger partial charge in [-0.1, -0.05) is 36.6 Å². The molecule has 5 nitrogen and oxygen atoms in total. The number of amides is 1. The Bertz CT molecular complexity index is 898. The highest BCUT2D eigenvalue weighted by molar-refractivity contribution is 7.12. The summed E-state index contributed by atoms with van der Waals surface area (Å²) in [4.78, 5) is 17.6. The van der Waals surface area contributed by atoms with Crippen molar-refractivity contribution in [3.05, 3.63) is 64.4 Å². The van der Waals surface area contributed by atoms with Crippen LogP contribution < -0.4 is 5.32 Å². The molecule has 2 heterocycles. The lowest BCUT2D eigenvalue weighted by Crippen LogP contribution is -2.43. The molecule has 1 aliphatic rings.